The maximum Gasteiger partial charge on any atom is 0.139 e. The topological polar surface area (TPSA) is 58.6 Å². The second-order valence-corrected chi connectivity index (χ2v) is 2.77. The third kappa shape index (κ3) is 3.43. The molecule has 4 nitrogen and oxygen atoms in total. The lowest BCUT2D eigenvalue weighted by Gasteiger charge is -2.07. The molecule has 1 aromatic carbocycles. The molecule has 0 heterocycles. The van der Waals surface area contributed by atoms with Crippen LogP contribution in [0.25, 0.3) is 0 Å². The van der Waals surface area contributed by atoms with E-state index < -0.39 is 11.4 Å². The van der Waals surface area contributed by atoms with Gasteiger partial charge in [0.2, 0.25) is 0 Å². The molecular formula is C8H9O4S-. The van der Waals surface area contributed by atoms with E-state index in [2.05, 4.69) is 4.18 Å². The highest BCUT2D eigenvalue weighted by atomic mass is 32.2. The number of hydrogen-bond donors (Lipinski definition) is 0. The smallest absolute Gasteiger partial charge is 0.139 e. The summed E-state index contributed by atoms with van der Waals surface area (Å²) in [6.45, 7) is 2.45. The monoisotopic (exact) mass is 201 g/mol. The molecule has 0 saturated heterocycles. The molecule has 1 atom stereocenters. The van der Waals surface area contributed by atoms with Crippen LogP contribution in [0.2, 0.25) is 0 Å². The predicted molar refractivity (Wildman–Crippen MR) is 47.2 cm³/mol. The van der Waals surface area contributed by atoms with Crippen LogP contribution in [-0.2, 0) is 11.4 Å². The van der Waals surface area contributed by atoms with Gasteiger partial charge in [0.05, 0.1) is 6.61 Å². The van der Waals surface area contributed by atoms with Gasteiger partial charge in [0.15, 0.2) is 0 Å². The van der Waals surface area contributed by atoms with Crippen molar-refractivity contribution < 1.29 is 17.7 Å². The van der Waals surface area contributed by atoms with Gasteiger partial charge in [-0.1, -0.05) is 0 Å². The average molecular weight is 201 g/mol. The Morgan fingerprint density at radius 3 is 2.31 bits per heavy atom. The van der Waals surface area contributed by atoms with Gasteiger partial charge >= 0.3 is 0 Å². The first kappa shape index (κ1) is 10.0. The third-order valence-corrected chi connectivity index (χ3v) is 1.63. The fourth-order valence-corrected chi connectivity index (χ4v) is 1.10. The van der Waals surface area contributed by atoms with Crippen molar-refractivity contribution in [2.75, 3.05) is 6.61 Å². The van der Waals surface area contributed by atoms with Crippen LogP contribution in [0.15, 0.2) is 24.3 Å². The summed E-state index contributed by atoms with van der Waals surface area (Å²) in [6, 6.07) is 6.35. The van der Waals surface area contributed by atoms with Crippen molar-refractivity contribution in [3.8, 4) is 11.5 Å². The molecule has 0 aliphatic heterocycles. The lowest BCUT2D eigenvalue weighted by atomic mass is 10.3. The van der Waals surface area contributed by atoms with Crippen LogP contribution < -0.4 is 8.92 Å². The Bertz CT molecular complexity index is 283. The molecule has 1 rings (SSSR count). The van der Waals surface area contributed by atoms with Crippen LogP contribution in [0.5, 0.6) is 11.5 Å². The quantitative estimate of drug-likeness (QED) is 0.688. The lowest BCUT2D eigenvalue weighted by molar-refractivity contribution is 0.339. The van der Waals surface area contributed by atoms with E-state index in [0.717, 1.165) is 0 Å². The van der Waals surface area contributed by atoms with Gasteiger partial charge in [0, 0.05) is 0 Å². The van der Waals surface area contributed by atoms with Crippen LogP contribution in [0.4, 0.5) is 0 Å². The Hall–Kier alpha value is -1.07. The Morgan fingerprint density at radius 1 is 1.31 bits per heavy atom. The minimum Gasteiger partial charge on any atom is -0.740 e. The summed E-state index contributed by atoms with van der Waals surface area (Å²) in [5, 5.41) is 0. The second-order valence-electron chi connectivity index (χ2n) is 2.19. The van der Waals surface area contributed by atoms with Gasteiger partial charge in [0.25, 0.3) is 0 Å². The molecule has 0 N–H and O–H groups in total. The van der Waals surface area contributed by atoms with Crippen LogP contribution in [-0.4, -0.2) is 15.4 Å². The number of hydrogen-bond acceptors (Lipinski definition) is 4. The Balaban J connectivity index is 2.64. The summed E-state index contributed by atoms with van der Waals surface area (Å²) in [5.74, 6) is 0.961. The van der Waals surface area contributed by atoms with Gasteiger partial charge < -0.3 is 13.5 Å². The molecule has 0 amide bonds. The summed E-state index contributed by atoms with van der Waals surface area (Å²) >= 11 is -2.52. The van der Waals surface area contributed by atoms with E-state index in [9.17, 15) is 8.76 Å². The number of rotatable bonds is 4. The maximum atomic E-state index is 10.1. The van der Waals surface area contributed by atoms with Crippen molar-refractivity contribution in [3.05, 3.63) is 24.3 Å². The van der Waals surface area contributed by atoms with Crippen molar-refractivity contribution in [1.29, 1.82) is 0 Å². The second kappa shape index (κ2) is 4.84. The lowest BCUT2D eigenvalue weighted by Crippen LogP contribution is -1.97. The van der Waals surface area contributed by atoms with Gasteiger partial charge in [-0.25, -0.2) is 4.21 Å². The first-order valence-corrected chi connectivity index (χ1v) is 4.73. The predicted octanol–water partition coefficient (Wildman–Crippen LogP) is 1.26. The van der Waals surface area contributed by atoms with E-state index in [1.807, 2.05) is 6.92 Å². The fourth-order valence-electron chi connectivity index (χ4n) is 0.837. The Labute approximate surface area is 79.0 Å². The van der Waals surface area contributed by atoms with Gasteiger partial charge in [-0.2, -0.15) is 0 Å². The highest BCUT2D eigenvalue weighted by Crippen LogP contribution is 2.17. The zero-order valence-corrected chi connectivity index (χ0v) is 7.87. The molecule has 0 aliphatic carbocycles. The highest BCUT2D eigenvalue weighted by molar-refractivity contribution is 7.74. The highest BCUT2D eigenvalue weighted by Gasteiger charge is 1.94. The summed E-state index contributed by atoms with van der Waals surface area (Å²) in [5.41, 5.74) is 0. The molecule has 0 aromatic heterocycles. The first-order valence-electron chi connectivity index (χ1n) is 3.73. The molecule has 5 heteroatoms. The van der Waals surface area contributed by atoms with E-state index in [1.54, 1.807) is 12.1 Å². The van der Waals surface area contributed by atoms with Crippen molar-refractivity contribution in [1.82, 2.24) is 0 Å². The molecule has 0 saturated carbocycles. The standard InChI is InChI=1S/C8H10O4S/c1-2-11-7-3-5-8(6-4-7)12-13(9)10/h3-6H,2H2,1H3,(H,9,10)/p-1. The van der Waals surface area contributed by atoms with E-state index in [1.165, 1.54) is 12.1 Å². The molecule has 13 heavy (non-hydrogen) atoms. The van der Waals surface area contributed by atoms with E-state index in [-0.39, 0.29) is 5.75 Å². The fraction of sp³-hybridized carbons (Fsp3) is 0.250. The van der Waals surface area contributed by atoms with Crippen molar-refractivity contribution in [3.63, 3.8) is 0 Å². The van der Waals surface area contributed by atoms with E-state index >= 15 is 0 Å². The molecule has 1 unspecified atom stereocenters. The van der Waals surface area contributed by atoms with Gasteiger partial charge in [-0.3, -0.25) is 0 Å². The van der Waals surface area contributed by atoms with Gasteiger partial charge in [-0.05, 0) is 31.2 Å². The zero-order valence-electron chi connectivity index (χ0n) is 7.06. The number of ether oxygens (including phenoxy) is 1. The van der Waals surface area contributed by atoms with E-state index in [4.69, 9.17) is 4.74 Å². The molecule has 1 aromatic rings. The summed E-state index contributed by atoms with van der Waals surface area (Å²) < 4.78 is 29.8. The number of benzene rings is 1. The Morgan fingerprint density at radius 2 is 1.85 bits per heavy atom. The van der Waals surface area contributed by atoms with E-state index in [0.29, 0.717) is 12.4 Å². The van der Waals surface area contributed by atoms with Crippen molar-refractivity contribution in [2.24, 2.45) is 0 Å². The molecule has 72 valence electrons. The molecular weight excluding hydrogens is 192 g/mol. The van der Waals surface area contributed by atoms with Crippen LogP contribution in [0.3, 0.4) is 0 Å². The maximum absolute atomic E-state index is 10.1. The minimum atomic E-state index is -2.52. The largest absolute Gasteiger partial charge is 0.740 e. The summed E-state index contributed by atoms with van der Waals surface area (Å²) in [4.78, 5) is 0. The first-order chi connectivity index (χ1) is 6.22. The SMILES string of the molecule is CCOc1ccc(OS(=O)[O-])cc1. The minimum absolute atomic E-state index is 0.275. The molecule has 0 fully saturated rings. The van der Waals surface area contributed by atoms with Crippen LogP contribution >= 0.6 is 0 Å². The average Bonchev–Trinajstić information content (AvgIpc) is 2.08. The molecule has 0 aliphatic rings. The zero-order chi connectivity index (χ0) is 9.68. The van der Waals surface area contributed by atoms with Crippen molar-refractivity contribution >= 4 is 11.4 Å². The Kier molecular flexibility index (Phi) is 3.72. The van der Waals surface area contributed by atoms with Crippen LogP contribution in [0.1, 0.15) is 6.92 Å². The molecule has 0 spiro atoms. The summed E-state index contributed by atoms with van der Waals surface area (Å²) in [7, 11) is 0. The normalized spacial score (nSPS) is 12.2. The third-order valence-electron chi connectivity index (χ3n) is 1.30. The van der Waals surface area contributed by atoms with Crippen molar-refractivity contribution in [2.45, 2.75) is 6.92 Å². The molecule has 0 radical (unpaired) electrons. The van der Waals surface area contributed by atoms with Crippen LogP contribution in [0, 0.1) is 0 Å². The van der Waals surface area contributed by atoms with Gasteiger partial charge in [0.1, 0.15) is 22.9 Å². The summed E-state index contributed by atoms with van der Waals surface area (Å²) in [6.07, 6.45) is 0. The van der Waals surface area contributed by atoms with Gasteiger partial charge in [-0.15, -0.1) is 0 Å². The molecule has 0 bridgehead atoms.